The second kappa shape index (κ2) is 5.18. The highest BCUT2D eigenvalue weighted by molar-refractivity contribution is 6.30. The summed E-state index contributed by atoms with van der Waals surface area (Å²) >= 11 is 5.64. The highest BCUT2D eigenvalue weighted by atomic mass is 35.5. The average molecular weight is 229 g/mol. The molecule has 0 aromatic heterocycles. The van der Waals surface area contributed by atoms with Gasteiger partial charge in [0.1, 0.15) is 0 Å². The molecule has 1 aromatic rings. The molecule has 0 bridgehead atoms. The number of hydrogen-bond acceptors (Lipinski definition) is 3. The first kappa shape index (κ1) is 11.3. The first-order chi connectivity index (χ1) is 7.13. The highest BCUT2D eigenvalue weighted by Crippen LogP contribution is 2.08. The van der Waals surface area contributed by atoms with E-state index in [0.29, 0.717) is 10.6 Å². The summed E-state index contributed by atoms with van der Waals surface area (Å²) in [6.45, 7) is 0. The van der Waals surface area contributed by atoms with Gasteiger partial charge in [0.05, 0.1) is 0 Å². The van der Waals surface area contributed by atoms with Gasteiger partial charge < -0.3 is 0 Å². The van der Waals surface area contributed by atoms with E-state index in [1.165, 1.54) is 12.1 Å². The van der Waals surface area contributed by atoms with Gasteiger partial charge in [0.25, 0.3) is 5.91 Å². The Labute approximate surface area is 90.7 Å². The minimum Gasteiger partial charge on any atom is -0.275 e. The lowest BCUT2D eigenvalue weighted by Crippen LogP contribution is -2.49. The van der Waals surface area contributed by atoms with Crippen molar-refractivity contribution < 1.29 is 9.59 Å². The molecular weight excluding hydrogens is 220 g/mol. The Morgan fingerprint density at radius 2 is 1.73 bits per heavy atom. The third-order valence-electron chi connectivity index (χ3n) is 1.53. The normalized spacial score (nSPS) is 9.20. The van der Waals surface area contributed by atoms with Crippen molar-refractivity contribution >= 4 is 23.5 Å². The molecule has 3 amide bonds. The zero-order valence-electron chi connectivity index (χ0n) is 7.58. The van der Waals surface area contributed by atoms with Gasteiger partial charge in [-0.3, -0.25) is 15.6 Å². The molecule has 0 saturated heterocycles. The van der Waals surface area contributed by atoms with E-state index in [1.807, 2.05) is 5.43 Å². The number of hydrazine groups is 2. The minimum atomic E-state index is -0.711. The third kappa shape index (κ3) is 3.45. The van der Waals surface area contributed by atoms with Crippen LogP contribution in [0.2, 0.25) is 5.02 Å². The van der Waals surface area contributed by atoms with E-state index in [4.69, 9.17) is 17.4 Å². The molecule has 0 spiro atoms. The van der Waals surface area contributed by atoms with Crippen LogP contribution in [0.5, 0.6) is 0 Å². The van der Waals surface area contributed by atoms with Crippen LogP contribution in [0.3, 0.4) is 0 Å². The van der Waals surface area contributed by atoms with Crippen molar-refractivity contribution in [3.05, 3.63) is 34.9 Å². The summed E-state index contributed by atoms with van der Waals surface area (Å²) in [5.74, 6) is 4.32. The molecule has 0 atom stereocenters. The Balaban J connectivity index is 2.54. The fourth-order valence-electron chi connectivity index (χ4n) is 0.823. The number of carbonyl (C=O) groups excluding carboxylic acids is 2. The molecule has 0 aliphatic rings. The first-order valence-corrected chi connectivity index (χ1v) is 4.34. The lowest BCUT2D eigenvalue weighted by atomic mass is 10.2. The molecule has 0 heterocycles. The van der Waals surface area contributed by atoms with Gasteiger partial charge in [0, 0.05) is 10.6 Å². The Morgan fingerprint density at radius 3 is 2.27 bits per heavy atom. The van der Waals surface area contributed by atoms with Gasteiger partial charge in [-0.2, -0.15) is 0 Å². The number of rotatable bonds is 1. The van der Waals surface area contributed by atoms with E-state index in [2.05, 4.69) is 5.43 Å². The highest BCUT2D eigenvalue weighted by Gasteiger charge is 2.05. The molecule has 5 N–H and O–H groups in total. The van der Waals surface area contributed by atoms with Gasteiger partial charge in [0.2, 0.25) is 0 Å². The lowest BCUT2D eigenvalue weighted by Gasteiger charge is -2.05. The number of benzene rings is 1. The standard InChI is InChI=1S/C8H9ClN4O2/c9-6-3-1-5(2-4-6)7(14)12-13-8(15)11-10/h1-4H,10H2,(H,12,14)(H2,11,13,15). The molecule has 0 aliphatic carbocycles. The summed E-state index contributed by atoms with van der Waals surface area (Å²) < 4.78 is 0. The molecule has 15 heavy (non-hydrogen) atoms. The lowest BCUT2D eigenvalue weighted by molar-refractivity contribution is 0.0936. The largest absolute Gasteiger partial charge is 0.347 e. The third-order valence-corrected chi connectivity index (χ3v) is 1.78. The van der Waals surface area contributed by atoms with Crippen LogP contribution in [-0.2, 0) is 0 Å². The number of hydrogen-bond donors (Lipinski definition) is 4. The average Bonchev–Trinajstić information content (AvgIpc) is 2.26. The fourth-order valence-corrected chi connectivity index (χ4v) is 0.949. The van der Waals surface area contributed by atoms with E-state index in [9.17, 15) is 9.59 Å². The Kier molecular flexibility index (Phi) is 3.90. The molecule has 0 radical (unpaired) electrons. The van der Waals surface area contributed by atoms with Crippen LogP contribution in [0, 0.1) is 0 Å². The molecule has 0 unspecified atom stereocenters. The smallest absolute Gasteiger partial charge is 0.275 e. The number of amides is 3. The van der Waals surface area contributed by atoms with E-state index >= 15 is 0 Å². The van der Waals surface area contributed by atoms with Crippen molar-refractivity contribution in [2.75, 3.05) is 0 Å². The van der Waals surface area contributed by atoms with Gasteiger partial charge in [-0.05, 0) is 24.3 Å². The topological polar surface area (TPSA) is 96.2 Å². The van der Waals surface area contributed by atoms with E-state index in [0.717, 1.165) is 0 Å². The monoisotopic (exact) mass is 228 g/mol. The second-order valence-electron chi connectivity index (χ2n) is 2.56. The summed E-state index contributed by atoms with van der Waals surface area (Å²) in [6, 6.07) is 5.48. The quantitative estimate of drug-likeness (QED) is 0.313. The van der Waals surface area contributed by atoms with E-state index in [-0.39, 0.29) is 0 Å². The molecule has 1 aromatic carbocycles. The number of urea groups is 1. The van der Waals surface area contributed by atoms with Gasteiger partial charge >= 0.3 is 6.03 Å². The molecule has 0 fully saturated rings. The summed E-state index contributed by atoms with van der Waals surface area (Å²) in [5, 5.41) is 0.527. The van der Waals surface area contributed by atoms with Crippen LogP contribution in [-0.4, -0.2) is 11.9 Å². The Hall–Kier alpha value is -1.79. The molecule has 0 saturated carbocycles. The summed E-state index contributed by atoms with van der Waals surface area (Å²) in [7, 11) is 0. The van der Waals surface area contributed by atoms with Crippen LogP contribution in [0.25, 0.3) is 0 Å². The second-order valence-corrected chi connectivity index (χ2v) is 3.00. The predicted molar refractivity (Wildman–Crippen MR) is 54.8 cm³/mol. The van der Waals surface area contributed by atoms with Gasteiger partial charge in [0.15, 0.2) is 0 Å². The summed E-state index contributed by atoms with van der Waals surface area (Å²) in [6.07, 6.45) is 0. The molecule has 80 valence electrons. The van der Waals surface area contributed by atoms with E-state index in [1.54, 1.807) is 17.6 Å². The van der Waals surface area contributed by atoms with Crippen LogP contribution in [0.4, 0.5) is 4.79 Å². The Bertz CT molecular complexity index is 365. The molecule has 7 heteroatoms. The van der Waals surface area contributed by atoms with Crippen LogP contribution in [0.15, 0.2) is 24.3 Å². The van der Waals surface area contributed by atoms with Crippen molar-refractivity contribution in [1.29, 1.82) is 0 Å². The summed E-state index contributed by atoms with van der Waals surface area (Å²) in [5.41, 5.74) is 6.35. The predicted octanol–water partition coefficient (Wildman–Crippen LogP) is 0.158. The van der Waals surface area contributed by atoms with Crippen molar-refractivity contribution in [1.82, 2.24) is 16.3 Å². The Morgan fingerprint density at radius 1 is 1.13 bits per heavy atom. The van der Waals surface area contributed by atoms with Gasteiger partial charge in [-0.1, -0.05) is 11.6 Å². The fraction of sp³-hybridized carbons (Fsp3) is 0. The molecular formula is C8H9ClN4O2. The molecule has 1 rings (SSSR count). The first-order valence-electron chi connectivity index (χ1n) is 3.96. The van der Waals surface area contributed by atoms with E-state index < -0.39 is 11.9 Å². The maximum absolute atomic E-state index is 11.3. The molecule has 6 nitrogen and oxygen atoms in total. The minimum absolute atomic E-state index is 0.372. The van der Waals surface area contributed by atoms with Crippen molar-refractivity contribution in [3.63, 3.8) is 0 Å². The van der Waals surface area contributed by atoms with Crippen molar-refractivity contribution in [3.8, 4) is 0 Å². The number of nitrogens with one attached hydrogen (secondary N) is 3. The number of nitrogens with two attached hydrogens (primary N) is 1. The van der Waals surface area contributed by atoms with Crippen molar-refractivity contribution in [2.24, 2.45) is 5.84 Å². The van der Waals surface area contributed by atoms with Crippen LogP contribution < -0.4 is 22.1 Å². The maximum Gasteiger partial charge on any atom is 0.347 e. The van der Waals surface area contributed by atoms with Gasteiger partial charge in [-0.25, -0.2) is 16.1 Å². The maximum atomic E-state index is 11.3. The zero-order chi connectivity index (χ0) is 11.3. The van der Waals surface area contributed by atoms with Gasteiger partial charge in [-0.15, -0.1) is 0 Å². The van der Waals surface area contributed by atoms with Crippen LogP contribution >= 0.6 is 11.6 Å². The zero-order valence-corrected chi connectivity index (χ0v) is 8.34. The number of halogens is 1. The SMILES string of the molecule is NNC(=O)NNC(=O)c1ccc(Cl)cc1. The number of carbonyl (C=O) groups is 2. The summed E-state index contributed by atoms with van der Waals surface area (Å²) in [4.78, 5) is 22.0. The molecule has 0 aliphatic heterocycles. The van der Waals surface area contributed by atoms with Crippen molar-refractivity contribution in [2.45, 2.75) is 0 Å². The van der Waals surface area contributed by atoms with Crippen LogP contribution in [0.1, 0.15) is 10.4 Å².